The van der Waals surface area contributed by atoms with E-state index in [1.807, 2.05) is 20.8 Å². The first-order chi connectivity index (χ1) is 14.2. The predicted octanol–water partition coefficient (Wildman–Crippen LogP) is 4.04. The van der Waals surface area contributed by atoms with Crippen molar-refractivity contribution in [1.82, 2.24) is 9.55 Å². The third-order valence-electron chi connectivity index (χ3n) is 5.63. The third kappa shape index (κ3) is 4.18. The molecular formula is C22H28FN3O3S. The van der Waals surface area contributed by atoms with Crippen molar-refractivity contribution in [2.45, 2.75) is 70.1 Å². The Morgan fingerprint density at radius 3 is 2.53 bits per heavy atom. The number of rotatable bonds is 4. The summed E-state index contributed by atoms with van der Waals surface area (Å²) in [6.07, 6.45) is 3.50. The van der Waals surface area contributed by atoms with Crippen molar-refractivity contribution < 1.29 is 13.7 Å². The number of hydrogen-bond acceptors (Lipinski definition) is 5. The maximum atomic E-state index is 14.5. The van der Waals surface area contributed by atoms with Gasteiger partial charge in [0.2, 0.25) is 0 Å². The second-order valence-electron chi connectivity index (χ2n) is 9.15. The molecule has 1 saturated heterocycles. The van der Waals surface area contributed by atoms with Crippen LogP contribution in [0.1, 0.15) is 76.7 Å². The molecule has 1 atom stereocenters. The molecule has 0 radical (unpaired) electrons. The summed E-state index contributed by atoms with van der Waals surface area (Å²) in [4.78, 5) is 18.3. The first-order valence-electron chi connectivity index (χ1n) is 10.5. The summed E-state index contributed by atoms with van der Waals surface area (Å²) in [5.41, 5.74) is 1.08. The lowest BCUT2D eigenvalue weighted by Gasteiger charge is -2.25. The monoisotopic (exact) mass is 433 g/mol. The summed E-state index contributed by atoms with van der Waals surface area (Å²) in [5, 5.41) is 0.254. The van der Waals surface area contributed by atoms with E-state index in [2.05, 4.69) is 4.40 Å². The zero-order chi connectivity index (χ0) is 21.6. The highest BCUT2D eigenvalue weighted by molar-refractivity contribution is 7.91. The molecule has 30 heavy (non-hydrogen) atoms. The number of benzene rings is 1. The molecule has 1 aliphatic heterocycles. The average molecular weight is 434 g/mol. The van der Waals surface area contributed by atoms with Crippen molar-refractivity contribution in [2.75, 3.05) is 13.2 Å². The summed E-state index contributed by atoms with van der Waals surface area (Å²) in [6.45, 7) is 8.48. The van der Waals surface area contributed by atoms with Gasteiger partial charge in [-0.25, -0.2) is 9.37 Å². The van der Waals surface area contributed by atoms with Gasteiger partial charge >= 0.3 is 0 Å². The van der Waals surface area contributed by atoms with Crippen molar-refractivity contribution in [1.29, 1.82) is 0 Å². The van der Waals surface area contributed by atoms with Gasteiger partial charge in [0, 0.05) is 30.7 Å². The van der Waals surface area contributed by atoms with Gasteiger partial charge in [-0.2, -0.15) is 0 Å². The lowest BCUT2D eigenvalue weighted by Crippen LogP contribution is -2.29. The number of fused-ring (bicyclic) bond motifs is 1. The molecular weight excluding hydrogens is 405 g/mol. The molecule has 162 valence electrons. The van der Waals surface area contributed by atoms with Gasteiger partial charge in [0.05, 0.1) is 16.6 Å². The van der Waals surface area contributed by atoms with Crippen LogP contribution in [0.4, 0.5) is 4.39 Å². The van der Waals surface area contributed by atoms with Gasteiger partial charge in [-0.1, -0.05) is 4.40 Å². The quantitative estimate of drug-likeness (QED) is 0.538. The van der Waals surface area contributed by atoms with E-state index in [-0.39, 0.29) is 22.9 Å². The van der Waals surface area contributed by atoms with Crippen LogP contribution in [0, 0.1) is 5.82 Å². The molecule has 0 amide bonds. The molecule has 0 spiro atoms. The Hall–Kier alpha value is -1.77. The second-order valence-corrected chi connectivity index (χ2v) is 11.1. The van der Waals surface area contributed by atoms with Gasteiger partial charge in [-0.15, -0.1) is 0 Å². The molecule has 0 bridgehead atoms. The van der Waals surface area contributed by atoms with Crippen molar-refractivity contribution in [2.24, 2.45) is 4.40 Å². The lowest BCUT2D eigenvalue weighted by molar-refractivity contribution is 0.0825. The first-order valence-corrected chi connectivity index (χ1v) is 11.6. The van der Waals surface area contributed by atoms with Gasteiger partial charge in [-0.05, 0) is 65.5 Å². The molecule has 0 N–H and O–H groups in total. The fourth-order valence-electron chi connectivity index (χ4n) is 3.80. The van der Waals surface area contributed by atoms with Crippen LogP contribution in [0.15, 0.2) is 21.3 Å². The van der Waals surface area contributed by atoms with E-state index in [1.165, 1.54) is 12.1 Å². The SMILES string of the molecule is CC(=N[S+]([O-])C(C)(C)C)c1cc(F)cc2c(=O)n(C3CC3)c(C3CCOCC3)nc12. The lowest BCUT2D eigenvalue weighted by atomic mass is 9.98. The minimum Gasteiger partial charge on any atom is -0.591 e. The Labute approximate surface area is 178 Å². The number of ether oxygens (including phenoxy) is 1. The summed E-state index contributed by atoms with van der Waals surface area (Å²) in [5.74, 6) is 0.375. The summed E-state index contributed by atoms with van der Waals surface area (Å²) in [7, 11) is 0. The Morgan fingerprint density at radius 1 is 1.27 bits per heavy atom. The number of aromatic nitrogens is 2. The fourth-order valence-corrected chi connectivity index (χ4v) is 4.42. The molecule has 2 aliphatic rings. The smallest absolute Gasteiger partial charge is 0.261 e. The zero-order valence-electron chi connectivity index (χ0n) is 17.9. The minimum absolute atomic E-state index is 0.135. The van der Waals surface area contributed by atoms with E-state index in [0.29, 0.717) is 30.0 Å². The summed E-state index contributed by atoms with van der Waals surface area (Å²) < 4.78 is 38.1. The van der Waals surface area contributed by atoms with Crippen molar-refractivity contribution in [3.8, 4) is 0 Å². The van der Waals surface area contributed by atoms with E-state index < -0.39 is 21.9 Å². The number of nitrogens with zero attached hydrogens (tertiary/aromatic N) is 3. The van der Waals surface area contributed by atoms with Crippen molar-refractivity contribution in [3.63, 3.8) is 0 Å². The van der Waals surface area contributed by atoms with Gasteiger partial charge in [-0.3, -0.25) is 9.36 Å². The molecule has 2 fully saturated rings. The number of hydrogen-bond donors (Lipinski definition) is 0. The summed E-state index contributed by atoms with van der Waals surface area (Å²) in [6, 6.07) is 2.74. The average Bonchev–Trinajstić information content (AvgIpc) is 3.52. The predicted molar refractivity (Wildman–Crippen MR) is 117 cm³/mol. The highest BCUT2D eigenvalue weighted by atomic mass is 32.2. The normalized spacial score (nSPS) is 20.0. The van der Waals surface area contributed by atoms with E-state index in [4.69, 9.17) is 9.72 Å². The highest BCUT2D eigenvalue weighted by Gasteiger charge is 2.33. The van der Waals surface area contributed by atoms with Gasteiger partial charge in [0.1, 0.15) is 27.8 Å². The summed E-state index contributed by atoms with van der Waals surface area (Å²) >= 11 is -1.50. The van der Waals surface area contributed by atoms with Gasteiger partial charge in [0.15, 0.2) is 0 Å². The molecule has 4 rings (SSSR count). The Morgan fingerprint density at radius 2 is 1.93 bits per heavy atom. The van der Waals surface area contributed by atoms with E-state index in [0.717, 1.165) is 31.5 Å². The van der Waals surface area contributed by atoms with Gasteiger partial charge < -0.3 is 9.29 Å². The number of halogens is 1. The van der Waals surface area contributed by atoms with Crippen LogP contribution in [0.25, 0.3) is 10.9 Å². The van der Waals surface area contributed by atoms with Crippen LogP contribution in [-0.4, -0.2) is 37.8 Å². The molecule has 1 saturated carbocycles. The Kier molecular flexibility index (Phi) is 5.76. The fraction of sp³-hybridized carbons (Fsp3) is 0.591. The van der Waals surface area contributed by atoms with E-state index in [9.17, 15) is 13.7 Å². The van der Waals surface area contributed by atoms with Crippen LogP contribution in [-0.2, 0) is 16.1 Å². The Bertz CT molecular complexity index is 1050. The molecule has 2 aromatic rings. The molecule has 1 unspecified atom stereocenters. The van der Waals surface area contributed by atoms with Crippen molar-refractivity contribution >= 4 is 28.0 Å². The van der Waals surface area contributed by atoms with Crippen LogP contribution in [0.5, 0.6) is 0 Å². The van der Waals surface area contributed by atoms with E-state index >= 15 is 0 Å². The van der Waals surface area contributed by atoms with Crippen LogP contribution in [0.2, 0.25) is 0 Å². The van der Waals surface area contributed by atoms with Crippen LogP contribution >= 0.6 is 0 Å². The molecule has 1 aliphatic carbocycles. The first kappa shape index (κ1) is 21.5. The van der Waals surface area contributed by atoms with Gasteiger partial charge in [0.25, 0.3) is 5.56 Å². The molecule has 1 aromatic carbocycles. The van der Waals surface area contributed by atoms with Crippen LogP contribution in [0.3, 0.4) is 0 Å². The second kappa shape index (κ2) is 8.05. The Balaban J connectivity index is 1.93. The standard InChI is InChI=1S/C22H28FN3O3S/c1-13(25-30(28)22(2,3)4)17-11-15(23)12-18-19(17)24-20(14-7-9-29-10-8-14)26(21(18)27)16-5-6-16/h11-12,14,16H,5-10H2,1-4H3. The zero-order valence-corrected chi connectivity index (χ0v) is 18.7. The molecule has 2 heterocycles. The maximum absolute atomic E-state index is 14.5. The van der Waals surface area contributed by atoms with E-state index in [1.54, 1.807) is 11.5 Å². The third-order valence-corrected chi connectivity index (χ3v) is 7.12. The molecule has 8 heteroatoms. The van der Waals surface area contributed by atoms with Crippen molar-refractivity contribution in [3.05, 3.63) is 39.7 Å². The molecule has 1 aromatic heterocycles. The minimum atomic E-state index is -1.50. The largest absolute Gasteiger partial charge is 0.591 e. The van der Waals surface area contributed by atoms with Crippen LogP contribution < -0.4 is 5.56 Å². The molecule has 6 nitrogen and oxygen atoms in total. The maximum Gasteiger partial charge on any atom is 0.261 e. The highest BCUT2D eigenvalue weighted by Crippen LogP contribution is 2.38. The topological polar surface area (TPSA) is 79.5 Å².